The topological polar surface area (TPSA) is 75.0 Å². The van der Waals surface area contributed by atoms with Gasteiger partial charge in [0.05, 0.1) is 11.4 Å². The predicted molar refractivity (Wildman–Crippen MR) is 76.6 cm³/mol. The summed E-state index contributed by atoms with van der Waals surface area (Å²) in [7, 11) is 0. The Morgan fingerprint density at radius 3 is 2.85 bits per heavy atom. The molecule has 2 aromatic heterocycles. The number of fused-ring (bicyclic) bond motifs is 1. The summed E-state index contributed by atoms with van der Waals surface area (Å²) < 4.78 is 0. The molecule has 0 aromatic carbocycles. The second kappa shape index (κ2) is 5.28. The molecule has 0 radical (unpaired) electrons. The molecule has 1 fully saturated rings. The first kappa shape index (κ1) is 13.2. The standard InChI is InChI=1S/C14H19N5O/c1-9-10(2)18-13-12(17-9)14(16-8-15-13)19-5-3-4-11(6-19)7-20/h8,11,20H,3-7H2,1-2H3. The minimum Gasteiger partial charge on any atom is -0.396 e. The number of aromatic nitrogens is 4. The summed E-state index contributed by atoms with van der Waals surface area (Å²) in [6.07, 6.45) is 3.68. The first-order chi connectivity index (χ1) is 9.69. The molecule has 0 amide bonds. The molecule has 2 aromatic rings. The Bertz CT molecular complexity index is 630. The number of piperidine rings is 1. The lowest BCUT2D eigenvalue weighted by molar-refractivity contribution is 0.208. The van der Waals surface area contributed by atoms with E-state index in [0.717, 1.165) is 48.7 Å². The van der Waals surface area contributed by atoms with Crippen LogP contribution < -0.4 is 4.90 Å². The van der Waals surface area contributed by atoms with Gasteiger partial charge >= 0.3 is 0 Å². The van der Waals surface area contributed by atoms with Crippen LogP contribution in [0.3, 0.4) is 0 Å². The Morgan fingerprint density at radius 1 is 1.25 bits per heavy atom. The van der Waals surface area contributed by atoms with Gasteiger partial charge in [0.2, 0.25) is 0 Å². The second-order valence-electron chi connectivity index (χ2n) is 5.40. The van der Waals surface area contributed by atoms with E-state index in [4.69, 9.17) is 0 Å². The zero-order chi connectivity index (χ0) is 14.1. The summed E-state index contributed by atoms with van der Waals surface area (Å²) in [6, 6.07) is 0. The first-order valence-corrected chi connectivity index (χ1v) is 7.01. The van der Waals surface area contributed by atoms with E-state index in [1.54, 1.807) is 6.33 Å². The van der Waals surface area contributed by atoms with Crippen LogP contribution in [0.1, 0.15) is 24.2 Å². The number of hydrogen-bond acceptors (Lipinski definition) is 6. The van der Waals surface area contributed by atoms with Crippen molar-refractivity contribution in [2.45, 2.75) is 26.7 Å². The summed E-state index contributed by atoms with van der Waals surface area (Å²) in [4.78, 5) is 19.9. The van der Waals surface area contributed by atoms with Crippen LogP contribution in [0, 0.1) is 19.8 Å². The Hall–Kier alpha value is -1.82. The second-order valence-corrected chi connectivity index (χ2v) is 5.40. The zero-order valence-electron chi connectivity index (χ0n) is 11.9. The van der Waals surface area contributed by atoms with E-state index in [1.165, 1.54) is 0 Å². The number of aliphatic hydroxyl groups excluding tert-OH is 1. The number of anilines is 1. The lowest BCUT2D eigenvalue weighted by Gasteiger charge is -2.32. The molecule has 0 aliphatic carbocycles. The molecule has 0 bridgehead atoms. The van der Waals surface area contributed by atoms with Gasteiger partial charge in [-0.3, -0.25) is 0 Å². The Morgan fingerprint density at radius 2 is 2.05 bits per heavy atom. The van der Waals surface area contributed by atoms with E-state index in [9.17, 15) is 5.11 Å². The van der Waals surface area contributed by atoms with Crippen LogP contribution in [0.15, 0.2) is 6.33 Å². The van der Waals surface area contributed by atoms with Crippen molar-refractivity contribution in [1.29, 1.82) is 0 Å². The average molecular weight is 273 g/mol. The molecular formula is C14H19N5O. The molecule has 20 heavy (non-hydrogen) atoms. The van der Waals surface area contributed by atoms with Crippen molar-refractivity contribution >= 4 is 17.0 Å². The molecule has 1 aliphatic heterocycles. The summed E-state index contributed by atoms with van der Waals surface area (Å²) in [5.74, 6) is 1.15. The van der Waals surface area contributed by atoms with Crippen LogP contribution in [-0.2, 0) is 0 Å². The normalized spacial score (nSPS) is 19.6. The number of nitrogens with zero attached hydrogens (tertiary/aromatic N) is 5. The van der Waals surface area contributed by atoms with Gasteiger partial charge in [0.25, 0.3) is 0 Å². The molecule has 1 saturated heterocycles. The largest absolute Gasteiger partial charge is 0.396 e. The number of aliphatic hydroxyl groups is 1. The van der Waals surface area contributed by atoms with E-state index >= 15 is 0 Å². The summed E-state index contributed by atoms with van der Waals surface area (Å²) in [6.45, 7) is 5.87. The van der Waals surface area contributed by atoms with Gasteiger partial charge in [0, 0.05) is 19.7 Å². The lowest BCUT2D eigenvalue weighted by Crippen LogP contribution is -2.37. The van der Waals surface area contributed by atoms with Crippen LogP contribution in [0.25, 0.3) is 11.2 Å². The maximum atomic E-state index is 9.36. The Kier molecular flexibility index (Phi) is 3.48. The van der Waals surface area contributed by atoms with Crippen molar-refractivity contribution in [1.82, 2.24) is 19.9 Å². The third-order valence-corrected chi connectivity index (χ3v) is 3.94. The Balaban J connectivity index is 2.04. The van der Waals surface area contributed by atoms with Gasteiger partial charge in [0.15, 0.2) is 17.0 Å². The minimum atomic E-state index is 0.226. The van der Waals surface area contributed by atoms with E-state index in [-0.39, 0.29) is 6.61 Å². The molecule has 1 aliphatic rings. The zero-order valence-corrected chi connectivity index (χ0v) is 11.9. The number of hydrogen-bond donors (Lipinski definition) is 1. The van der Waals surface area contributed by atoms with Gasteiger partial charge in [-0.1, -0.05) is 0 Å². The van der Waals surface area contributed by atoms with Crippen LogP contribution >= 0.6 is 0 Å². The lowest BCUT2D eigenvalue weighted by atomic mass is 9.99. The predicted octanol–water partition coefficient (Wildman–Crippen LogP) is 1.25. The molecule has 0 saturated carbocycles. The van der Waals surface area contributed by atoms with E-state index in [0.29, 0.717) is 11.6 Å². The van der Waals surface area contributed by atoms with Gasteiger partial charge < -0.3 is 10.0 Å². The van der Waals surface area contributed by atoms with Crippen molar-refractivity contribution < 1.29 is 5.11 Å². The molecule has 0 spiro atoms. The van der Waals surface area contributed by atoms with Crippen molar-refractivity contribution in [3.05, 3.63) is 17.7 Å². The highest BCUT2D eigenvalue weighted by atomic mass is 16.3. The molecule has 1 unspecified atom stereocenters. The van der Waals surface area contributed by atoms with Gasteiger partial charge in [-0.2, -0.15) is 0 Å². The maximum Gasteiger partial charge on any atom is 0.183 e. The summed E-state index contributed by atoms with van der Waals surface area (Å²) in [5, 5.41) is 9.36. The average Bonchev–Trinajstić information content (AvgIpc) is 2.48. The Labute approximate surface area is 117 Å². The number of rotatable bonds is 2. The third kappa shape index (κ3) is 2.31. The van der Waals surface area contributed by atoms with Crippen molar-refractivity contribution in [3.8, 4) is 0 Å². The molecule has 6 heteroatoms. The fourth-order valence-electron chi connectivity index (χ4n) is 2.67. The highest BCUT2D eigenvalue weighted by Gasteiger charge is 2.22. The maximum absolute atomic E-state index is 9.36. The number of aryl methyl sites for hydroxylation is 2. The van der Waals surface area contributed by atoms with Crippen LogP contribution in [-0.4, -0.2) is 44.7 Å². The first-order valence-electron chi connectivity index (χ1n) is 7.01. The van der Waals surface area contributed by atoms with Crippen LogP contribution in [0.5, 0.6) is 0 Å². The molecule has 3 rings (SSSR count). The fourth-order valence-corrected chi connectivity index (χ4v) is 2.67. The molecule has 6 nitrogen and oxygen atoms in total. The molecule has 1 atom stereocenters. The van der Waals surface area contributed by atoms with E-state index < -0.39 is 0 Å². The van der Waals surface area contributed by atoms with Crippen LogP contribution in [0.4, 0.5) is 5.82 Å². The van der Waals surface area contributed by atoms with Gasteiger partial charge in [-0.15, -0.1) is 0 Å². The molecule has 1 N–H and O–H groups in total. The van der Waals surface area contributed by atoms with Crippen molar-refractivity contribution in [2.24, 2.45) is 5.92 Å². The summed E-state index contributed by atoms with van der Waals surface area (Å²) in [5.41, 5.74) is 3.21. The van der Waals surface area contributed by atoms with Gasteiger partial charge in [-0.25, -0.2) is 19.9 Å². The molecule has 106 valence electrons. The van der Waals surface area contributed by atoms with Crippen LogP contribution in [0.2, 0.25) is 0 Å². The smallest absolute Gasteiger partial charge is 0.183 e. The fraction of sp³-hybridized carbons (Fsp3) is 0.571. The van der Waals surface area contributed by atoms with Crippen molar-refractivity contribution in [3.63, 3.8) is 0 Å². The molecule has 3 heterocycles. The monoisotopic (exact) mass is 273 g/mol. The SMILES string of the molecule is Cc1nc2ncnc(N3CCCC(CO)C3)c2nc1C. The highest BCUT2D eigenvalue weighted by Crippen LogP contribution is 2.26. The third-order valence-electron chi connectivity index (χ3n) is 3.94. The van der Waals surface area contributed by atoms with E-state index in [1.807, 2.05) is 13.8 Å². The highest BCUT2D eigenvalue weighted by molar-refractivity contribution is 5.82. The molecular weight excluding hydrogens is 254 g/mol. The minimum absolute atomic E-state index is 0.226. The van der Waals surface area contributed by atoms with E-state index in [2.05, 4.69) is 24.8 Å². The quantitative estimate of drug-likeness (QED) is 0.887. The summed E-state index contributed by atoms with van der Waals surface area (Å²) >= 11 is 0. The van der Waals surface area contributed by atoms with Gasteiger partial charge in [-0.05, 0) is 32.6 Å². The van der Waals surface area contributed by atoms with Gasteiger partial charge in [0.1, 0.15) is 6.33 Å². The van der Waals surface area contributed by atoms with Crippen molar-refractivity contribution in [2.75, 3.05) is 24.6 Å².